The zero-order valence-electron chi connectivity index (χ0n) is 17.1. The van der Waals surface area contributed by atoms with Crippen molar-refractivity contribution in [1.29, 1.82) is 0 Å². The minimum absolute atomic E-state index is 0.0287. The third kappa shape index (κ3) is 4.94. The van der Waals surface area contributed by atoms with Gasteiger partial charge in [0.1, 0.15) is 12.4 Å². The molecule has 0 saturated carbocycles. The monoisotopic (exact) mass is 468 g/mol. The standard InChI is InChI=1S/C19H18F2N4O6S/c1-27-13-6-10(8-22-25-17(16(20)21)23-24-19(25)32)7-14(28-2)15(13)30-9-11-4-5-12(31-11)18(26)29-3/h4-8,16H,9H2,1-3H3,(H,24,32)/b22-8-. The maximum atomic E-state index is 13.0. The maximum Gasteiger partial charge on any atom is 0.373 e. The van der Waals surface area contributed by atoms with Crippen LogP contribution in [0.2, 0.25) is 0 Å². The fourth-order valence-electron chi connectivity index (χ4n) is 2.61. The number of hydrogen-bond donors (Lipinski definition) is 1. The van der Waals surface area contributed by atoms with Crippen LogP contribution in [-0.2, 0) is 11.3 Å². The van der Waals surface area contributed by atoms with E-state index < -0.39 is 18.2 Å². The molecule has 0 radical (unpaired) electrons. The first-order chi connectivity index (χ1) is 15.4. The van der Waals surface area contributed by atoms with Gasteiger partial charge in [0.05, 0.1) is 27.5 Å². The van der Waals surface area contributed by atoms with E-state index in [1.54, 1.807) is 18.2 Å². The number of H-pyrrole nitrogens is 1. The molecule has 1 N–H and O–H groups in total. The van der Waals surface area contributed by atoms with Crippen molar-refractivity contribution in [2.45, 2.75) is 13.0 Å². The van der Waals surface area contributed by atoms with Gasteiger partial charge in [-0.05, 0) is 36.5 Å². The average molecular weight is 468 g/mol. The normalized spacial score (nSPS) is 11.2. The Labute approximate surface area is 185 Å². The number of furan rings is 1. The molecular formula is C19H18F2N4O6S. The van der Waals surface area contributed by atoms with Crippen LogP contribution >= 0.6 is 12.2 Å². The summed E-state index contributed by atoms with van der Waals surface area (Å²) in [5.41, 5.74) is 0.459. The van der Waals surface area contributed by atoms with E-state index in [9.17, 15) is 13.6 Å². The Bertz CT molecular complexity index is 1160. The van der Waals surface area contributed by atoms with E-state index in [0.29, 0.717) is 11.3 Å². The van der Waals surface area contributed by atoms with Crippen molar-refractivity contribution < 1.29 is 36.9 Å². The van der Waals surface area contributed by atoms with Gasteiger partial charge in [0.25, 0.3) is 6.43 Å². The maximum absolute atomic E-state index is 13.0. The van der Waals surface area contributed by atoms with Crippen LogP contribution in [0.4, 0.5) is 8.78 Å². The highest BCUT2D eigenvalue weighted by molar-refractivity contribution is 7.71. The van der Waals surface area contributed by atoms with Crippen molar-refractivity contribution in [3.63, 3.8) is 0 Å². The molecule has 32 heavy (non-hydrogen) atoms. The second kappa shape index (κ2) is 10.0. The third-order valence-electron chi connectivity index (χ3n) is 4.08. The molecule has 0 saturated heterocycles. The number of rotatable bonds is 9. The topological polar surface area (TPSA) is 113 Å². The number of nitrogens with one attached hydrogen (secondary N) is 1. The quantitative estimate of drug-likeness (QED) is 0.287. The molecule has 0 fully saturated rings. The van der Waals surface area contributed by atoms with E-state index in [1.807, 2.05) is 0 Å². The number of esters is 1. The first kappa shape index (κ1) is 22.9. The van der Waals surface area contributed by atoms with Crippen LogP contribution in [0.25, 0.3) is 0 Å². The Morgan fingerprint density at radius 3 is 2.56 bits per heavy atom. The molecule has 3 rings (SSSR count). The number of aromatic nitrogens is 3. The van der Waals surface area contributed by atoms with Gasteiger partial charge < -0.3 is 23.4 Å². The van der Waals surface area contributed by atoms with E-state index in [4.69, 9.17) is 30.8 Å². The van der Waals surface area contributed by atoms with Gasteiger partial charge in [-0.2, -0.15) is 14.9 Å². The number of aromatic amines is 1. The second-order valence-electron chi connectivity index (χ2n) is 6.04. The first-order valence-corrected chi connectivity index (χ1v) is 9.34. The van der Waals surface area contributed by atoms with Crippen molar-refractivity contribution in [1.82, 2.24) is 14.9 Å². The summed E-state index contributed by atoms with van der Waals surface area (Å²) in [5, 5.41) is 9.69. The van der Waals surface area contributed by atoms with Gasteiger partial charge in [0.2, 0.25) is 22.1 Å². The lowest BCUT2D eigenvalue weighted by atomic mass is 10.2. The second-order valence-corrected chi connectivity index (χ2v) is 6.43. The molecule has 0 aliphatic rings. The lowest BCUT2D eigenvalue weighted by Crippen LogP contribution is -2.02. The molecule has 1 aromatic carbocycles. The van der Waals surface area contributed by atoms with Crippen molar-refractivity contribution >= 4 is 24.4 Å². The largest absolute Gasteiger partial charge is 0.493 e. The van der Waals surface area contributed by atoms with E-state index >= 15 is 0 Å². The number of nitrogens with zero attached hydrogens (tertiary/aromatic N) is 3. The van der Waals surface area contributed by atoms with Crippen molar-refractivity contribution in [3.05, 3.63) is 51.9 Å². The number of alkyl halides is 2. The third-order valence-corrected chi connectivity index (χ3v) is 4.35. The average Bonchev–Trinajstić information content (AvgIpc) is 3.42. The molecule has 170 valence electrons. The number of halogens is 2. The van der Waals surface area contributed by atoms with Gasteiger partial charge in [-0.25, -0.2) is 18.7 Å². The molecule has 3 aromatic rings. The van der Waals surface area contributed by atoms with Gasteiger partial charge in [-0.15, -0.1) is 0 Å². The number of ether oxygens (including phenoxy) is 4. The van der Waals surface area contributed by atoms with Crippen molar-refractivity contribution in [3.8, 4) is 17.2 Å². The molecule has 0 spiro atoms. The zero-order valence-corrected chi connectivity index (χ0v) is 17.9. The van der Waals surface area contributed by atoms with E-state index in [2.05, 4.69) is 20.0 Å². The zero-order chi connectivity index (χ0) is 23.3. The molecule has 13 heteroatoms. The molecule has 0 amide bonds. The predicted molar refractivity (Wildman–Crippen MR) is 109 cm³/mol. The SMILES string of the molecule is COC(=O)c1ccc(COc2c(OC)cc(/C=N\n3c(C(F)F)n[nH]c3=S)cc2OC)o1. The van der Waals surface area contributed by atoms with Crippen molar-refractivity contribution in [2.75, 3.05) is 21.3 Å². The molecule has 0 aliphatic carbocycles. The highest BCUT2D eigenvalue weighted by Gasteiger charge is 2.18. The number of carbonyl (C=O) groups excluding carboxylic acids is 1. The fourth-order valence-corrected chi connectivity index (χ4v) is 2.79. The molecular weight excluding hydrogens is 450 g/mol. The van der Waals surface area contributed by atoms with Crippen LogP contribution in [0.1, 0.15) is 34.1 Å². The van der Waals surface area contributed by atoms with Crippen LogP contribution in [-0.4, -0.2) is 48.4 Å². The molecule has 2 aromatic heterocycles. The Morgan fingerprint density at radius 2 is 1.97 bits per heavy atom. The summed E-state index contributed by atoms with van der Waals surface area (Å²) in [6.07, 6.45) is -1.57. The number of methoxy groups -OCH3 is 3. The number of carbonyl (C=O) groups is 1. The summed E-state index contributed by atoms with van der Waals surface area (Å²) in [6, 6.07) is 6.17. The summed E-state index contributed by atoms with van der Waals surface area (Å²) in [5.74, 6) is 0.0199. The van der Waals surface area contributed by atoms with Crippen LogP contribution in [0.15, 0.2) is 33.8 Å². The summed E-state index contributed by atoms with van der Waals surface area (Å²) in [6.45, 7) is -0.0287. The summed E-state index contributed by atoms with van der Waals surface area (Å²) in [4.78, 5) is 11.5. The first-order valence-electron chi connectivity index (χ1n) is 8.93. The molecule has 0 aliphatic heterocycles. The predicted octanol–water partition coefficient (Wildman–Crippen LogP) is 3.74. The lowest BCUT2D eigenvalue weighted by Gasteiger charge is -2.14. The highest BCUT2D eigenvalue weighted by Crippen LogP contribution is 2.39. The number of hydrogen-bond acceptors (Lipinski definition) is 9. The van der Waals surface area contributed by atoms with Crippen LogP contribution in [0.3, 0.4) is 0 Å². The molecule has 10 nitrogen and oxygen atoms in total. The van der Waals surface area contributed by atoms with E-state index in [0.717, 1.165) is 4.68 Å². The summed E-state index contributed by atoms with van der Waals surface area (Å²) < 4.78 is 53.3. The smallest absolute Gasteiger partial charge is 0.373 e. The Hall–Kier alpha value is -3.74. The Morgan fingerprint density at radius 1 is 1.28 bits per heavy atom. The van der Waals surface area contributed by atoms with E-state index in [1.165, 1.54) is 33.6 Å². The van der Waals surface area contributed by atoms with Crippen LogP contribution in [0, 0.1) is 4.77 Å². The van der Waals surface area contributed by atoms with Gasteiger partial charge in [-0.1, -0.05) is 0 Å². The van der Waals surface area contributed by atoms with Crippen LogP contribution in [0.5, 0.6) is 17.2 Å². The molecule has 0 unspecified atom stereocenters. The number of benzene rings is 1. The lowest BCUT2D eigenvalue weighted by molar-refractivity contribution is 0.0560. The molecule has 0 atom stereocenters. The summed E-state index contributed by atoms with van der Waals surface area (Å²) >= 11 is 4.92. The molecule has 2 heterocycles. The van der Waals surface area contributed by atoms with Gasteiger partial charge in [0, 0.05) is 5.56 Å². The minimum atomic E-state index is -2.86. The molecule has 0 bridgehead atoms. The highest BCUT2D eigenvalue weighted by atomic mass is 32.1. The fraction of sp³-hybridized carbons (Fsp3) is 0.263. The van der Waals surface area contributed by atoms with Crippen LogP contribution < -0.4 is 14.2 Å². The summed E-state index contributed by atoms with van der Waals surface area (Å²) in [7, 11) is 4.09. The van der Waals surface area contributed by atoms with Gasteiger partial charge in [-0.3, -0.25) is 0 Å². The van der Waals surface area contributed by atoms with Gasteiger partial charge in [0.15, 0.2) is 11.5 Å². The van der Waals surface area contributed by atoms with E-state index in [-0.39, 0.29) is 34.4 Å². The minimum Gasteiger partial charge on any atom is -0.493 e. The van der Waals surface area contributed by atoms with Crippen molar-refractivity contribution in [2.24, 2.45) is 5.10 Å². The Kier molecular flexibility index (Phi) is 7.20. The Balaban J connectivity index is 1.85. The van der Waals surface area contributed by atoms with Gasteiger partial charge >= 0.3 is 5.97 Å².